The van der Waals surface area contributed by atoms with Gasteiger partial charge in [0.25, 0.3) is 0 Å². The summed E-state index contributed by atoms with van der Waals surface area (Å²) in [5.41, 5.74) is -4.50. The highest BCUT2D eigenvalue weighted by molar-refractivity contribution is 5.94. The maximum absolute atomic E-state index is 13.6. The summed E-state index contributed by atoms with van der Waals surface area (Å²) in [6.45, 7) is 0.512. The number of aliphatic hydroxyl groups is 1. The molecule has 2 aliphatic heterocycles. The van der Waals surface area contributed by atoms with Crippen molar-refractivity contribution < 1.29 is 36.2 Å². The van der Waals surface area contributed by atoms with Gasteiger partial charge in [0.1, 0.15) is 5.82 Å². The number of rotatable bonds is 2. The van der Waals surface area contributed by atoms with E-state index in [1.165, 1.54) is 6.20 Å². The first-order valence-electron chi connectivity index (χ1n) is 9.35. The number of alkyl halides is 6. The molecular formula is C18H17F6N5O2. The summed E-state index contributed by atoms with van der Waals surface area (Å²) in [5.74, 6) is -1.77. The van der Waals surface area contributed by atoms with Crippen molar-refractivity contribution in [2.24, 2.45) is 0 Å². The Hall–Kier alpha value is -2.83. The number of carbonyl (C=O) groups is 1. The molecule has 1 fully saturated rings. The standard InChI is InChI=1S/C18H17F6N5O2/c19-17(20,21)10-5-11(8-25-7-10)29-3-1-9(2-4-29)14-13-15(28-27-14)26-12(30)6-16(13,31)18(22,23)24/h5,7-9,31H,1-4,6H2,(H2,26,27,28,30). The molecule has 0 aromatic carbocycles. The van der Waals surface area contributed by atoms with E-state index in [2.05, 4.69) is 20.5 Å². The van der Waals surface area contributed by atoms with Crippen molar-refractivity contribution in [2.45, 2.75) is 43.1 Å². The molecule has 1 atom stereocenters. The van der Waals surface area contributed by atoms with E-state index < -0.39 is 47.3 Å². The number of H-pyrrole nitrogens is 1. The summed E-state index contributed by atoms with van der Waals surface area (Å²) >= 11 is 0. The van der Waals surface area contributed by atoms with Crippen LogP contribution < -0.4 is 10.2 Å². The van der Waals surface area contributed by atoms with Gasteiger partial charge in [-0.2, -0.15) is 31.4 Å². The fourth-order valence-corrected chi connectivity index (χ4v) is 4.07. The SMILES string of the molecule is O=C1CC(O)(C(F)(F)F)c2c(C3CCN(c4cncc(C(F)(F)F)c4)CC3)n[nH]c2N1. The molecule has 1 saturated heterocycles. The number of carbonyl (C=O) groups excluding carboxylic acids is 1. The third kappa shape index (κ3) is 3.70. The number of pyridine rings is 1. The van der Waals surface area contributed by atoms with Crippen LogP contribution in [0.5, 0.6) is 0 Å². The number of anilines is 2. The van der Waals surface area contributed by atoms with Gasteiger partial charge in [-0.25, -0.2) is 0 Å². The van der Waals surface area contributed by atoms with Crippen LogP contribution in [0, 0.1) is 0 Å². The predicted octanol–water partition coefficient (Wildman–Crippen LogP) is 3.30. The lowest BCUT2D eigenvalue weighted by Crippen LogP contribution is -2.48. The largest absolute Gasteiger partial charge is 0.422 e. The fraction of sp³-hybridized carbons (Fsp3) is 0.500. The number of nitrogens with zero attached hydrogens (tertiary/aromatic N) is 3. The molecular weight excluding hydrogens is 432 g/mol. The van der Waals surface area contributed by atoms with Gasteiger partial charge in [-0.15, -0.1) is 0 Å². The third-order valence-electron chi connectivity index (χ3n) is 5.66. The molecule has 2 aromatic heterocycles. The lowest BCUT2D eigenvalue weighted by molar-refractivity contribution is -0.267. The maximum atomic E-state index is 13.6. The summed E-state index contributed by atoms with van der Waals surface area (Å²) in [5, 5.41) is 18.9. The highest BCUT2D eigenvalue weighted by atomic mass is 19.4. The first-order valence-corrected chi connectivity index (χ1v) is 9.35. The van der Waals surface area contributed by atoms with Crippen LogP contribution in [0.2, 0.25) is 0 Å². The van der Waals surface area contributed by atoms with Gasteiger partial charge in [-0.1, -0.05) is 0 Å². The molecule has 31 heavy (non-hydrogen) atoms. The van der Waals surface area contributed by atoms with Gasteiger partial charge in [-0.05, 0) is 18.9 Å². The highest BCUT2D eigenvalue weighted by Gasteiger charge is 2.61. The van der Waals surface area contributed by atoms with Gasteiger partial charge in [0.05, 0.1) is 35.1 Å². The van der Waals surface area contributed by atoms with Crippen LogP contribution in [0.4, 0.5) is 37.8 Å². The zero-order valence-corrected chi connectivity index (χ0v) is 15.8. The van der Waals surface area contributed by atoms with Crippen LogP contribution in [0.3, 0.4) is 0 Å². The van der Waals surface area contributed by atoms with Gasteiger partial charge in [0.2, 0.25) is 5.91 Å². The quantitative estimate of drug-likeness (QED) is 0.612. The van der Waals surface area contributed by atoms with E-state index in [1.54, 1.807) is 4.90 Å². The minimum absolute atomic E-state index is 0.00311. The van der Waals surface area contributed by atoms with E-state index in [-0.39, 0.29) is 43.1 Å². The first-order chi connectivity index (χ1) is 14.4. The molecule has 1 amide bonds. The molecule has 1 unspecified atom stereocenters. The Labute approximate surface area is 171 Å². The van der Waals surface area contributed by atoms with E-state index in [0.717, 1.165) is 12.3 Å². The van der Waals surface area contributed by atoms with Crippen LogP contribution in [-0.4, -0.2) is 45.5 Å². The molecule has 0 radical (unpaired) electrons. The van der Waals surface area contributed by atoms with Crippen LogP contribution in [0.15, 0.2) is 18.5 Å². The van der Waals surface area contributed by atoms with Crippen LogP contribution in [-0.2, 0) is 16.6 Å². The minimum atomic E-state index is -5.09. The molecule has 168 valence electrons. The van der Waals surface area contributed by atoms with Crippen molar-refractivity contribution in [3.8, 4) is 0 Å². The number of piperidine rings is 1. The van der Waals surface area contributed by atoms with E-state index in [0.29, 0.717) is 0 Å². The molecule has 13 heteroatoms. The molecule has 3 N–H and O–H groups in total. The summed E-state index contributed by atoms with van der Waals surface area (Å²) in [7, 11) is 0. The minimum Gasteiger partial charge on any atom is -0.376 e. The lowest BCUT2D eigenvalue weighted by Gasteiger charge is -2.37. The Kier molecular flexibility index (Phi) is 4.91. The molecule has 0 bridgehead atoms. The average molecular weight is 449 g/mol. The number of hydrogen-bond donors (Lipinski definition) is 3. The van der Waals surface area contributed by atoms with Crippen molar-refractivity contribution in [1.29, 1.82) is 0 Å². The number of halogens is 6. The number of amides is 1. The van der Waals surface area contributed by atoms with Crippen molar-refractivity contribution in [1.82, 2.24) is 15.2 Å². The normalized spacial score (nSPS) is 22.9. The third-order valence-corrected chi connectivity index (χ3v) is 5.66. The molecule has 0 aliphatic carbocycles. The molecule has 7 nitrogen and oxygen atoms in total. The Morgan fingerprint density at radius 1 is 1.13 bits per heavy atom. The molecule has 0 spiro atoms. The van der Waals surface area contributed by atoms with Crippen molar-refractivity contribution in [3.05, 3.63) is 35.3 Å². The monoisotopic (exact) mass is 449 g/mol. The second-order valence-corrected chi connectivity index (χ2v) is 7.63. The summed E-state index contributed by atoms with van der Waals surface area (Å²) < 4.78 is 79.7. The zero-order valence-electron chi connectivity index (χ0n) is 15.8. The molecule has 4 heterocycles. The second kappa shape index (κ2) is 7.11. The van der Waals surface area contributed by atoms with Gasteiger partial charge in [0.15, 0.2) is 5.60 Å². The zero-order chi connectivity index (χ0) is 22.6. The Bertz CT molecular complexity index is 996. The van der Waals surface area contributed by atoms with Gasteiger partial charge in [0, 0.05) is 25.2 Å². The van der Waals surface area contributed by atoms with E-state index >= 15 is 0 Å². The maximum Gasteiger partial charge on any atom is 0.422 e. The van der Waals surface area contributed by atoms with E-state index in [1.807, 2.05) is 0 Å². The lowest BCUT2D eigenvalue weighted by atomic mass is 9.81. The summed E-state index contributed by atoms with van der Waals surface area (Å²) in [6, 6.07) is 0.974. The number of hydrogen-bond acceptors (Lipinski definition) is 5. The van der Waals surface area contributed by atoms with Crippen LogP contribution >= 0.6 is 0 Å². The van der Waals surface area contributed by atoms with Crippen LogP contribution in [0.1, 0.15) is 42.0 Å². The Morgan fingerprint density at radius 2 is 1.81 bits per heavy atom. The van der Waals surface area contributed by atoms with E-state index in [9.17, 15) is 36.2 Å². The summed E-state index contributed by atoms with van der Waals surface area (Å²) in [4.78, 5) is 17.0. The van der Waals surface area contributed by atoms with Crippen LogP contribution in [0.25, 0.3) is 0 Å². The molecule has 0 saturated carbocycles. The molecule has 4 rings (SSSR count). The Morgan fingerprint density at radius 3 is 2.42 bits per heavy atom. The van der Waals surface area contributed by atoms with Crippen molar-refractivity contribution in [3.63, 3.8) is 0 Å². The first kappa shape index (κ1) is 21.4. The van der Waals surface area contributed by atoms with Crippen molar-refractivity contribution in [2.75, 3.05) is 23.3 Å². The van der Waals surface area contributed by atoms with Gasteiger partial charge >= 0.3 is 12.4 Å². The second-order valence-electron chi connectivity index (χ2n) is 7.63. The number of aromatic nitrogens is 3. The number of nitrogens with one attached hydrogen (secondary N) is 2. The van der Waals surface area contributed by atoms with Gasteiger partial charge in [-0.3, -0.25) is 14.9 Å². The summed E-state index contributed by atoms with van der Waals surface area (Å²) in [6.07, 6.45) is -8.22. The number of aromatic amines is 1. The molecule has 2 aliphatic rings. The number of fused-ring (bicyclic) bond motifs is 1. The fourth-order valence-electron chi connectivity index (χ4n) is 4.07. The van der Waals surface area contributed by atoms with Crippen molar-refractivity contribution >= 4 is 17.4 Å². The average Bonchev–Trinajstić information content (AvgIpc) is 3.11. The van der Waals surface area contributed by atoms with E-state index in [4.69, 9.17) is 0 Å². The smallest absolute Gasteiger partial charge is 0.376 e. The molecule has 2 aromatic rings. The predicted molar refractivity (Wildman–Crippen MR) is 95.2 cm³/mol. The topological polar surface area (TPSA) is 94.1 Å². The highest BCUT2D eigenvalue weighted by Crippen LogP contribution is 2.49. The van der Waals surface area contributed by atoms with Gasteiger partial charge < -0.3 is 15.3 Å². The Balaban J connectivity index is 1.57.